The smallest absolute Gasteiger partial charge is 0.320 e. The minimum Gasteiger partial charge on any atom is -0.459 e. The van der Waals surface area contributed by atoms with Gasteiger partial charge in [0.15, 0.2) is 0 Å². The zero-order valence-electron chi connectivity index (χ0n) is 11.8. The van der Waals surface area contributed by atoms with Crippen molar-refractivity contribution in [2.45, 2.75) is 38.8 Å². The van der Waals surface area contributed by atoms with Crippen LogP contribution in [0.25, 0.3) is 0 Å². The molecule has 4 heteroatoms. The minimum atomic E-state index is -0.474. The lowest BCUT2D eigenvalue weighted by Gasteiger charge is -2.22. The highest BCUT2D eigenvalue weighted by molar-refractivity contribution is 5.72. The molecule has 4 nitrogen and oxygen atoms in total. The van der Waals surface area contributed by atoms with Crippen molar-refractivity contribution in [2.24, 2.45) is 0 Å². The van der Waals surface area contributed by atoms with Crippen LogP contribution in [0.3, 0.4) is 0 Å². The third kappa shape index (κ3) is 6.36. The van der Waals surface area contributed by atoms with Crippen LogP contribution in [0.5, 0.6) is 0 Å². The lowest BCUT2D eigenvalue weighted by atomic mass is 10.0. The van der Waals surface area contributed by atoms with E-state index in [4.69, 9.17) is 9.84 Å². The zero-order valence-corrected chi connectivity index (χ0v) is 11.8. The predicted molar refractivity (Wildman–Crippen MR) is 74.7 cm³/mol. The molecular weight excluding hydrogens is 242 g/mol. The van der Waals surface area contributed by atoms with E-state index in [0.29, 0.717) is 6.42 Å². The van der Waals surface area contributed by atoms with Crippen molar-refractivity contribution in [1.82, 2.24) is 5.32 Å². The van der Waals surface area contributed by atoms with Gasteiger partial charge in [-0.2, -0.15) is 0 Å². The number of ether oxygens (including phenoxy) is 1. The molecule has 1 aromatic carbocycles. The Morgan fingerprint density at radius 3 is 2.47 bits per heavy atom. The molecule has 0 aromatic heterocycles. The fraction of sp³-hybridized carbons (Fsp3) is 0.533. The molecule has 0 saturated carbocycles. The van der Waals surface area contributed by atoms with Crippen LogP contribution in [0, 0.1) is 0 Å². The summed E-state index contributed by atoms with van der Waals surface area (Å²) in [7, 11) is 0. The van der Waals surface area contributed by atoms with E-state index in [1.54, 1.807) is 0 Å². The molecule has 19 heavy (non-hydrogen) atoms. The number of hydrogen-bond donors (Lipinski definition) is 2. The molecule has 0 aliphatic rings. The maximum absolute atomic E-state index is 11.7. The van der Waals surface area contributed by atoms with Crippen LogP contribution in [-0.4, -0.2) is 29.8 Å². The number of aliphatic hydroxyl groups excluding tert-OH is 1. The minimum absolute atomic E-state index is 0.0429. The predicted octanol–water partition coefficient (Wildman–Crippen LogP) is 2.04. The highest BCUT2D eigenvalue weighted by Crippen LogP contribution is 2.16. The lowest BCUT2D eigenvalue weighted by Crippen LogP contribution is -2.33. The van der Waals surface area contributed by atoms with Crippen LogP contribution >= 0.6 is 0 Å². The average molecular weight is 265 g/mol. The van der Waals surface area contributed by atoms with Crippen molar-refractivity contribution in [1.29, 1.82) is 0 Å². The first-order chi connectivity index (χ1) is 8.92. The number of carbonyl (C=O) groups is 1. The van der Waals surface area contributed by atoms with Crippen LogP contribution in [0.4, 0.5) is 0 Å². The first-order valence-corrected chi connectivity index (χ1v) is 6.53. The second-order valence-electron chi connectivity index (χ2n) is 5.44. The summed E-state index contributed by atoms with van der Waals surface area (Å²) in [6.07, 6.45) is 0.562. The van der Waals surface area contributed by atoms with Gasteiger partial charge in [-0.25, -0.2) is 0 Å². The molecule has 1 rings (SSSR count). The number of aliphatic hydroxyl groups is 1. The van der Waals surface area contributed by atoms with Crippen molar-refractivity contribution in [3.05, 3.63) is 35.9 Å². The topological polar surface area (TPSA) is 58.6 Å². The molecule has 2 N–H and O–H groups in total. The number of esters is 1. The van der Waals surface area contributed by atoms with Gasteiger partial charge >= 0.3 is 5.97 Å². The number of hydrogen-bond acceptors (Lipinski definition) is 4. The summed E-state index contributed by atoms with van der Waals surface area (Å²) >= 11 is 0. The Hall–Kier alpha value is -1.39. The Morgan fingerprint density at radius 2 is 1.95 bits per heavy atom. The quantitative estimate of drug-likeness (QED) is 0.773. The summed E-state index contributed by atoms with van der Waals surface area (Å²) in [6, 6.07) is 9.72. The van der Waals surface area contributed by atoms with Crippen molar-refractivity contribution >= 4 is 5.97 Å². The van der Waals surface area contributed by atoms with Crippen LogP contribution in [0.1, 0.15) is 38.8 Å². The highest BCUT2D eigenvalue weighted by atomic mass is 16.6. The van der Waals surface area contributed by atoms with Gasteiger partial charge in [-0.15, -0.1) is 0 Å². The first kappa shape index (κ1) is 15.7. The summed E-state index contributed by atoms with van der Waals surface area (Å²) < 4.78 is 5.24. The summed E-state index contributed by atoms with van der Waals surface area (Å²) in [5.41, 5.74) is 0.581. The van der Waals surface area contributed by atoms with E-state index in [2.05, 4.69) is 5.32 Å². The van der Waals surface area contributed by atoms with E-state index in [9.17, 15) is 4.79 Å². The van der Waals surface area contributed by atoms with Crippen molar-refractivity contribution in [2.75, 3.05) is 13.2 Å². The van der Waals surface area contributed by atoms with E-state index >= 15 is 0 Å². The van der Waals surface area contributed by atoms with E-state index in [-0.39, 0.29) is 25.2 Å². The number of benzene rings is 1. The summed E-state index contributed by atoms with van der Waals surface area (Å²) in [5.74, 6) is -0.286. The van der Waals surface area contributed by atoms with Crippen molar-refractivity contribution < 1.29 is 14.6 Å². The molecular formula is C15H23NO3. The number of nitrogens with one attached hydrogen (secondary N) is 1. The molecule has 0 radical (unpaired) electrons. The standard InChI is InChI=1S/C15H23NO3/c1-15(2,3)19-14(18)11-16-13(9-10-17)12-7-5-4-6-8-12/h4-8,13,16-17H,9-11H2,1-3H3. The van der Waals surface area contributed by atoms with Crippen LogP contribution in [0.2, 0.25) is 0 Å². The van der Waals surface area contributed by atoms with E-state index in [0.717, 1.165) is 5.56 Å². The normalized spacial score (nSPS) is 13.1. The summed E-state index contributed by atoms with van der Waals surface area (Å²) in [4.78, 5) is 11.7. The molecule has 0 bridgehead atoms. The summed E-state index contributed by atoms with van der Waals surface area (Å²) in [6.45, 7) is 5.73. The van der Waals surface area contributed by atoms with Crippen LogP contribution in [0.15, 0.2) is 30.3 Å². The third-order valence-corrected chi connectivity index (χ3v) is 2.53. The molecule has 0 amide bonds. The van der Waals surface area contributed by atoms with E-state index in [1.165, 1.54) is 0 Å². The zero-order chi connectivity index (χ0) is 14.3. The molecule has 0 aliphatic heterocycles. The van der Waals surface area contributed by atoms with E-state index in [1.807, 2.05) is 51.1 Å². The molecule has 1 aromatic rings. The third-order valence-electron chi connectivity index (χ3n) is 2.53. The van der Waals surface area contributed by atoms with Gasteiger partial charge in [0.25, 0.3) is 0 Å². The van der Waals surface area contributed by atoms with Crippen LogP contribution in [-0.2, 0) is 9.53 Å². The Labute approximate surface area is 114 Å². The second kappa shape index (κ2) is 7.26. The second-order valence-corrected chi connectivity index (χ2v) is 5.44. The summed E-state index contributed by atoms with van der Waals surface area (Å²) in [5, 5.41) is 12.2. The van der Waals surface area contributed by atoms with Gasteiger partial charge in [0, 0.05) is 12.6 Å². The molecule has 1 atom stereocenters. The van der Waals surface area contributed by atoms with Crippen molar-refractivity contribution in [3.63, 3.8) is 0 Å². The van der Waals surface area contributed by atoms with Gasteiger partial charge in [-0.05, 0) is 32.8 Å². The van der Waals surface area contributed by atoms with Gasteiger partial charge in [0.05, 0.1) is 6.54 Å². The Morgan fingerprint density at radius 1 is 1.32 bits per heavy atom. The number of carbonyl (C=O) groups excluding carboxylic acids is 1. The maximum atomic E-state index is 11.7. The fourth-order valence-corrected chi connectivity index (χ4v) is 1.79. The Bertz CT molecular complexity index is 384. The largest absolute Gasteiger partial charge is 0.459 e. The average Bonchev–Trinajstić information content (AvgIpc) is 2.33. The van der Waals surface area contributed by atoms with Gasteiger partial charge in [0.2, 0.25) is 0 Å². The molecule has 1 unspecified atom stereocenters. The molecule has 0 fully saturated rings. The molecule has 106 valence electrons. The number of rotatable bonds is 6. The van der Waals surface area contributed by atoms with Crippen molar-refractivity contribution in [3.8, 4) is 0 Å². The van der Waals surface area contributed by atoms with Gasteiger partial charge < -0.3 is 9.84 Å². The highest BCUT2D eigenvalue weighted by Gasteiger charge is 2.18. The Balaban J connectivity index is 2.54. The van der Waals surface area contributed by atoms with E-state index < -0.39 is 5.60 Å². The lowest BCUT2D eigenvalue weighted by molar-refractivity contribution is -0.153. The van der Waals surface area contributed by atoms with Crippen LogP contribution < -0.4 is 5.32 Å². The van der Waals surface area contributed by atoms with Gasteiger partial charge in [-0.3, -0.25) is 10.1 Å². The maximum Gasteiger partial charge on any atom is 0.320 e. The SMILES string of the molecule is CC(C)(C)OC(=O)CNC(CCO)c1ccccc1. The molecule has 0 aliphatic carbocycles. The molecule has 0 saturated heterocycles. The monoisotopic (exact) mass is 265 g/mol. The Kier molecular flexibility index (Phi) is 5.99. The van der Waals surface area contributed by atoms with Gasteiger partial charge in [0.1, 0.15) is 5.60 Å². The fourth-order valence-electron chi connectivity index (χ4n) is 1.79. The molecule has 0 spiro atoms. The van der Waals surface area contributed by atoms with Gasteiger partial charge in [-0.1, -0.05) is 30.3 Å². The first-order valence-electron chi connectivity index (χ1n) is 6.53. The molecule has 0 heterocycles.